The molecule has 1 heterocycles. The summed E-state index contributed by atoms with van der Waals surface area (Å²) in [6.07, 6.45) is 0.795. The zero-order valence-electron chi connectivity index (χ0n) is 9.16. The predicted octanol–water partition coefficient (Wildman–Crippen LogP) is 1.34. The SMILES string of the molecule is CCC(C)(C)N1CC(S(=O)(=O)Cl)CC1=O. The molecule has 0 N–H and O–H groups in total. The first-order valence-electron chi connectivity index (χ1n) is 4.92. The van der Waals surface area contributed by atoms with E-state index in [1.807, 2.05) is 20.8 Å². The van der Waals surface area contributed by atoms with Gasteiger partial charge < -0.3 is 4.90 Å². The van der Waals surface area contributed by atoms with Gasteiger partial charge in [-0.1, -0.05) is 6.92 Å². The van der Waals surface area contributed by atoms with Crippen LogP contribution in [-0.4, -0.2) is 36.6 Å². The van der Waals surface area contributed by atoms with Crippen LogP contribution < -0.4 is 0 Å². The molecular formula is C9H16ClNO3S. The Balaban J connectivity index is 2.87. The molecule has 0 spiro atoms. The van der Waals surface area contributed by atoms with E-state index >= 15 is 0 Å². The maximum absolute atomic E-state index is 11.6. The average Bonchev–Trinajstić information content (AvgIpc) is 2.47. The van der Waals surface area contributed by atoms with E-state index < -0.39 is 14.3 Å². The Morgan fingerprint density at radius 2 is 2.07 bits per heavy atom. The first-order chi connectivity index (χ1) is 6.68. The molecule has 0 aliphatic carbocycles. The number of hydrogen-bond acceptors (Lipinski definition) is 3. The van der Waals surface area contributed by atoms with Crippen molar-refractivity contribution in [2.45, 2.75) is 44.4 Å². The second-order valence-electron chi connectivity index (χ2n) is 4.47. The third-order valence-electron chi connectivity index (χ3n) is 3.08. The Kier molecular flexibility index (Phi) is 3.36. The minimum Gasteiger partial charge on any atom is -0.336 e. The monoisotopic (exact) mass is 253 g/mol. The quantitative estimate of drug-likeness (QED) is 0.714. The van der Waals surface area contributed by atoms with Gasteiger partial charge in [-0.05, 0) is 20.3 Å². The lowest BCUT2D eigenvalue weighted by Crippen LogP contribution is -2.44. The third kappa shape index (κ3) is 2.64. The lowest BCUT2D eigenvalue weighted by atomic mass is 10.00. The molecule has 0 aromatic carbocycles. The maximum Gasteiger partial charge on any atom is 0.237 e. The fraction of sp³-hybridized carbons (Fsp3) is 0.889. The van der Waals surface area contributed by atoms with Crippen molar-refractivity contribution in [1.82, 2.24) is 4.90 Å². The van der Waals surface area contributed by atoms with Gasteiger partial charge in [0.2, 0.25) is 15.0 Å². The molecule has 6 heteroatoms. The maximum atomic E-state index is 11.6. The molecule has 1 rings (SSSR count). The smallest absolute Gasteiger partial charge is 0.237 e. The van der Waals surface area contributed by atoms with E-state index in [1.165, 1.54) is 0 Å². The van der Waals surface area contributed by atoms with Crippen molar-refractivity contribution in [2.75, 3.05) is 6.54 Å². The molecule has 0 aromatic rings. The summed E-state index contributed by atoms with van der Waals surface area (Å²) in [5, 5.41) is -0.752. The molecule has 1 aliphatic heterocycles. The summed E-state index contributed by atoms with van der Waals surface area (Å²) in [4.78, 5) is 13.2. The lowest BCUT2D eigenvalue weighted by Gasteiger charge is -2.34. The normalized spacial score (nSPS) is 23.6. The topological polar surface area (TPSA) is 54.5 Å². The van der Waals surface area contributed by atoms with Crippen molar-refractivity contribution in [3.05, 3.63) is 0 Å². The van der Waals surface area contributed by atoms with E-state index in [-0.39, 0.29) is 24.4 Å². The second-order valence-corrected chi connectivity index (χ2v) is 7.38. The van der Waals surface area contributed by atoms with Gasteiger partial charge in [0, 0.05) is 29.2 Å². The number of halogens is 1. The Morgan fingerprint density at radius 3 is 2.40 bits per heavy atom. The van der Waals surface area contributed by atoms with E-state index in [4.69, 9.17) is 10.7 Å². The van der Waals surface area contributed by atoms with Crippen LogP contribution in [0, 0.1) is 0 Å². The highest BCUT2D eigenvalue weighted by atomic mass is 35.7. The molecule has 1 amide bonds. The standard InChI is InChI=1S/C9H16ClNO3S/c1-4-9(2,3)11-6-7(5-8(11)12)15(10,13)14/h7H,4-6H2,1-3H3. The fourth-order valence-electron chi connectivity index (χ4n) is 1.64. The second kappa shape index (κ2) is 3.94. The summed E-state index contributed by atoms with van der Waals surface area (Å²) in [7, 11) is 1.63. The van der Waals surface area contributed by atoms with Crippen LogP contribution >= 0.6 is 10.7 Å². The van der Waals surface area contributed by atoms with Crippen molar-refractivity contribution >= 4 is 25.6 Å². The first-order valence-corrected chi connectivity index (χ1v) is 7.29. The Bertz CT molecular complexity index is 364. The van der Waals surface area contributed by atoms with Crippen molar-refractivity contribution in [2.24, 2.45) is 0 Å². The number of rotatable bonds is 3. The zero-order chi connectivity index (χ0) is 11.9. The number of likely N-dealkylation sites (tertiary alicyclic amines) is 1. The number of amides is 1. The molecule has 0 bridgehead atoms. The molecule has 4 nitrogen and oxygen atoms in total. The Labute approximate surface area is 95.0 Å². The summed E-state index contributed by atoms with van der Waals surface area (Å²) in [6.45, 7) is 6.03. The van der Waals surface area contributed by atoms with Gasteiger partial charge in [-0.25, -0.2) is 8.42 Å². The molecule has 1 atom stereocenters. The molecule has 0 aromatic heterocycles. The lowest BCUT2D eigenvalue weighted by molar-refractivity contribution is -0.132. The zero-order valence-corrected chi connectivity index (χ0v) is 10.7. The van der Waals surface area contributed by atoms with Crippen molar-refractivity contribution < 1.29 is 13.2 Å². The van der Waals surface area contributed by atoms with Gasteiger partial charge in [0.25, 0.3) is 0 Å². The van der Waals surface area contributed by atoms with Crippen molar-refractivity contribution in [3.63, 3.8) is 0 Å². The highest BCUT2D eigenvalue weighted by Crippen LogP contribution is 2.29. The van der Waals surface area contributed by atoms with Crippen LogP contribution in [0.1, 0.15) is 33.6 Å². The Hall–Kier alpha value is -0.290. The molecule has 1 saturated heterocycles. The minimum atomic E-state index is -3.63. The van der Waals surface area contributed by atoms with E-state index in [0.29, 0.717) is 0 Å². The van der Waals surface area contributed by atoms with Gasteiger partial charge >= 0.3 is 0 Å². The van der Waals surface area contributed by atoms with E-state index in [9.17, 15) is 13.2 Å². The average molecular weight is 254 g/mol. The van der Waals surface area contributed by atoms with E-state index in [0.717, 1.165) is 6.42 Å². The molecule has 1 fully saturated rings. The molecule has 88 valence electrons. The van der Waals surface area contributed by atoms with Gasteiger partial charge in [0.05, 0.1) is 0 Å². The predicted molar refractivity (Wildman–Crippen MR) is 59.3 cm³/mol. The van der Waals surface area contributed by atoms with Crippen LogP contribution in [0.25, 0.3) is 0 Å². The number of carbonyl (C=O) groups excluding carboxylic acids is 1. The Morgan fingerprint density at radius 1 is 1.53 bits per heavy atom. The van der Waals surface area contributed by atoms with Gasteiger partial charge in [-0.15, -0.1) is 0 Å². The van der Waals surface area contributed by atoms with Crippen LogP contribution in [0.4, 0.5) is 0 Å². The molecule has 0 saturated carbocycles. The van der Waals surface area contributed by atoms with E-state index in [1.54, 1.807) is 4.90 Å². The molecule has 1 aliphatic rings. The third-order valence-corrected chi connectivity index (χ3v) is 4.95. The number of nitrogens with zero attached hydrogens (tertiary/aromatic N) is 1. The highest BCUT2D eigenvalue weighted by Gasteiger charge is 2.42. The molecular weight excluding hydrogens is 238 g/mol. The number of hydrogen-bond donors (Lipinski definition) is 0. The van der Waals surface area contributed by atoms with Crippen LogP contribution in [0.5, 0.6) is 0 Å². The summed E-state index contributed by atoms with van der Waals surface area (Å²) in [6, 6.07) is 0. The van der Waals surface area contributed by atoms with Crippen LogP contribution in [0.3, 0.4) is 0 Å². The van der Waals surface area contributed by atoms with Crippen LogP contribution in [-0.2, 0) is 13.8 Å². The van der Waals surface area contributed by atoms with Crippen LogP contribution in [0.15, 0.2) is 0 Å². The fourth-order valence-corrected chi connectivity index (χ4v) is 2.67. The van der Waals surface area contributed by atoms with E-state index in [2.05, 4.69) is 0 Å². The minimum absolute atomic E-state index is 0.00919. The van der Waals surface area contributed by atoms with Gasteiger partial charge in [0.1, 0.15) is 5.25 Å². The molecule has 15 heavy (non-hydrogen) atoms. The largest absolute Gasteiger partial charge is 0.336 e. The highest BCUT2D eigenvalue weighted by molar-refractivity contribution is 8.14. The summed E-state index contributed by atoms with van der Waals surface area (Å²) in [5.41, 5.74) is -0.298. The van der Waals surface area contributed by atoms with Crippen LogP contribution in [0.2, 0.25) is 0 Å². The summed E-state index contributed by atoms with van der Waals surface area (Å²) >= 11 is 0. The molecule has 0 radical (unpaired) electrons. The molecule has 1 unspecified atom stereocenters. The van der Waals surface area contributed by atoms with Crippen molar-refractivity contribution in [1.29, 1.82) is 0 Å². The van der Waals surface area contributed by atoms with Gasteiger partial charge in [0.15, 0.2) is 0 Å². The van der Waals surface area contributed by atoms with Gasteiger partial charge in [-0.2, -0.15) is 0 Å². The number of carbonyl (C=O) groups is 1. The van der Waals surface area contributed by atoms with Crippen molar-refractivity contribution in [3.8, 4) is 0 Å². The van der Waals surface area contributed by atoms with Gasteiger partial charge in [-0.3, -0.25) is 4.79 Å². The summed E-state index contributed by atoms with van der Waals surface area (Å²) in [5.74, 6) is -0.129. The first kappa shape index (κ1) is 12.8. The summed E-state index contributed by atoms with van der Waals surface area (Å²) < 4.78 is 22.3.